The molecule has 0 nitrogen and oxygen atoms in total. The molecule has 0 aromatic rings. The van der Waals surface area contributed by atoms with E-state index >= 15 is 0 Å². The first kappa shape index (κ1) is 8.57. The Morgan fingerprint density at radius 3 is 1.89 bits per heavy atom. The smallest absolute Gasteiger partial charge is 0.0798 e. The molecule has 9 heavy (non-hydrogen) atoms. The summed E-state index contributed by atoms with van der Waals surface area (Å²) in [7, 11) is 6.39. The molecule has 0 aromatic carbocycles. The van der Waals surface area contributed by atoms with Crippen LogP contribution in [0.25, 0.3) is 0 Å². The van der Waals surface area contributed by atoms with Crippen molar-refractivity contribution < 1.29 is 0 Å². The SMILES string of the molecule is ClC1=C(Cl)C(Cl)=S(Cl)S1. The minimum Gasteiger partial charge on any atom is -0.0798 e. The van der Waals surface area contributed by atoms with E-state index in [-0.39, 0.29) is 0 Å². The molecule has 6 heteroatoms. The van der Waals surface area contributed by atoms with Gasteiger partial charge in [-0.2, -0.15) is 0 Å². The van der Waals surface area contributed by atoms with Gasteiger partial charge in [0.1, 0.15) is 8.69 Å². The van der Waals surface area contributed by atoms with Gasteiger partial charge in [0, 0.05) is 0 Å². The standard InChI is InChI=1S/C3Cl4S2/c4-1-2(5)8-9(7)3(1)6. The van der Waals surface area contributed by atoms with Crippen molar-refractivity contribution in [3.8, 4) is 0 Å². The van der Waals surface area contributed by atoms with Crippen LogP contribution in [0.4, 0.5) is 0 Å². The van der Waals surface area contributed by atoms with E-state index < -0.39 is 8.73 Å². The molecule has 0 radical (unpaired) electrons. The Bertz CT molecular complexity index is 184. The molecule has 0 aromatic heterocycles. The molecule has 0 aliphatic carbocycles. The van der Waals surface area contributed by atoms with Crippen molar-refractivity contribution in [3.63, 3.8) is 0 Å². The number of hydrogen-bond donors (Lipinski definition) is 0. The second-order valence-electron chi connectivity index (χ2n) is 1.17. The van der Waals surface area contributed by atoms with Crippen molar-refractivity contribution in [1.82, 2.24) is 0 Å². The third-order valence-electron chi connectivity index (χ3n) is 0.632. The summed E-state index contributed by atoms with van der Waals surface area (Å²) in [4.78, 5) is 0. The summed E-state index contributed by atoms with van der Waals surface area (Å²) in [6.45, 7) is 0. The molecule has 0 N–H and O–H groups in total. The maximum absolute atomic E-state index is 5.66. The minimum atomic E-state index is -0.545. The summed E-state index contributed by atoms with van der Waals surface area (Å²) in [5.74, 6) is 0. The van der Waals surface area contributed by atoms with Gasteiger partial charge in [-0.3, -0.25) is 0 Å². The predicted molar refractivity (Wildman–Crippen MR) is 50.6 cm³/mol. The molecule has 52 valence electrons. The third-order valence-corrected chi connectivity index (χ3v) is 6.74. The van der Waals surface area contributed by atoms with Gasteiger partial charge in [0.2, 0.25) is 0 Å². The molecule has 1 unspecified atom stereocenters. The maximum atomic E-state index is 5.66. The highest BCUT2D eigenvalue weighted by atomic mass is 35.7. The molecule has 0 fully saturated rings. The second kappa shape index (κ2) is 3.24. The van der Waals surface area contributed by atoms with E-state index in [1.165, 1.54) is 10.8 Å². The van der Waals surface area contributed by atoms with Crippen LogP contribution in [0.15, 0.2) is 9.40 Å². The molecule has 1 rings (SSSR count). The average Bonchev–Trinajstić information content (AvgIpc) is 1.98. The van der Waals surface area contributed by atoms with E-state index in [9.17, 15) is 0 Å². The number of rotatable bonds is 0. The Kier molecular flexibility index (Phi) is 3.09. The first-order chi connectivity index (χ1) is 4.13. The molecule has 1 atom stereocenters. The summed E-state index contributed by atoms with van der Waals surface area (Å²) >= 11 is 16.8. The van der Waals surface area contributed by atoms with Gasteiger partial charge in [-0.25, -0.2) is 0 Å². The monoisotopic (exact) mass is 240 g/mol. The van der Waals surface area contributed by atoms with Crippen LogP contribution >= 0.6 is 65.0 Å². The van der Waals surface area contributed by atoms with Crippen LogP contribution in [-0.2, 0) is 0 Å². The molecule has 1 heterocycles. The largest absolute Gasteiger partial charge is 0.110 e. The van der Waals surface area contributed by atoms with Gasteiger partial charge in [0.15, 0.2) is 0 Å². The molecular weight excluding hydrogens is 242 g/mol. The quantitative estimate of drug-likeness (QED) is 0.350. The van der Waals surface area contributed by atoms with Crippen molar-refractivity contribution in [2.45, 2.75) is 0 Å². The summed E-state index contributed by atoms with van der Waals surface area (Å²) in [5.41, 5.74) is 0. The number of allylic oxidation sites excluding steroid dienone is 1. The lowest BCUT2D eigenvalue weighted by Crippen LogP contribution is -1.77. The fourth-order valence-corrected chi connectivity index (χ4v) is 5.10. The summed E-state index contributed by atoms with van der Waals surface area (Å²) in [5, 5.41) is 0.390. The van der Waals surface area contributed by atoms with Crippen molar-refractivity contribution >= 4 is 69.3 Å². The summed E-state index contributed by atoms with van der Waals surface area (Å²) < 4.78 is 0.938. The first-order valence-corrected chi connectivity index (χ1v) is 6.31. The number of halogens is 4. The Hall–Kier alpha value is 1.47. The molecule has 0 saturated heterocycles. The zero-order valence-corrected chi connectivity index (χ0v) is 8.49. The van der Waals surface area contributed by atoms with E-state index in [1.54, 1.807) is 0 Å². The van der Waals surface area contributed by atoms with Crippen molar-refractivity contribution in [2.24, 2.45) is 0 Å². The van der Waals surface area contributed by atoms with Crippen LogP contribution in [-0.4, -0.2) is 4.32 Å². The highest BCUT2D eigenvalue weighted by Gasteiger charge is 2.19. The Morgan fingerprint density at radius 1 is 1.22 bits per heavy atom. The second-order valence-corrected chi connectivity index (χ2v) is 7.16. The summed E-state index contributed by atoms with van der Waals surface area (Å²) in [6, 6.07) is 0. The Labute approximate surface area is 78.3 Å². The molecule has 1 aliphatic rings. The van der Waals surface area contributed by atoms with Crippen LogP contribution in [0.1, 0.15) is 0 Å². The van der Waals surface area contributed by atoms with Crippen molar-refractivity contribution in [1.29, 1.82) is 0 Å². The van der Waals surface area contributed by atoms with Gasteiger partial charge in [-0.05, 0) is 30.2 Å². The van der Waals surface area contributed by atoms with E-state index in [0.29, 0.717) is 13.7 Å². The van der Waals surface area contributed by atoms with Crippen LogP contribution in [0, 0.1) is 0 Å². The molecular formula is C3Cl4S2. The minimum absolute atomic E-state index is 0.390. The Morgan fingerprint density at radius 2 is 1.78 bits per heavy atom. The molecule has 0 saturated carbocycles. The lowest BCUT2D eigenvalue weighted by atomic mass is 10.7. The van der Waals surface area contributed by atoms with Gasteiger partial charge >= 0.3 is 0 Å². The zero-order chi connectivity index (χ0) is 7.02. The number of hydrogen-bond acceptors (Lipinski definition) is 1. The lowest BCUT2D eigenvalue weighted by Gasteiger charge is -1.85. The van der Waals surface area contributed by atoms with Gasteiger partial charge < -0.3 is 0 Å². The lowest BCUT2D eigenvalue weighted by molar-refractivity contribution is 2.23. The van der Waals surface area contributed by atoms with E-state index in [0.717, 1.165) is 0 Å². The van der Waals surface area contributed by atoms with Gasteiger partial charge in [-0.1, -0.05) is 34.8 Å². The predicted octanol–water partition coefficient (Wildman–Crippen LogP) is 4.09. The van der Waals surface area contributed by atoms with Crippen LogP contribution in [0.3, 0.4) is 0 Å². The molecule has 0 bridgehead atoms. The highest BCUT2D eigenvalue weighted by molar-refractivity contribution is 8.94. The van der Waals surface area contributed by atoms with Crippen LogP contribution in [0.2, 0.25) is 0 Å². The van der Waals surface area contributed by atoms with Crippen LogP contribution in [0.5, 0.6) is 0 Å². The zero-order valence-electron chi connectivity index (χ0n) is 3.83. The molecule has 0 spiro atoms. The fourth-order valence-electron chi connectivity index (χ4n) is 0.285. The van der Waals surface area contributed by atoms with Crippen LogP contribution < -0.4 is 0 Å². The fraction of sp³-hybridized carbons (Fsp3) is 0. The van der Waals surface area contributed by atoms with E-state index in [1.807, 2.05) is 0 Å². The topological polar surface area (TPSA) is 0 Å². The Balaban J connectivity index is 2.97. The van der Waals surface area contributed by atoms with E-state index in [4.69, 9.17) is 45.5 Å². The van der Waals surface area contributed by atoms with Gasteiger partial charge in [0.25, 0.3) is 0 Å². The van der Waals surface area contributed by atoms with Crippen molar-refractivity contribution in [3.05, 3.63) is 9.40 Å². The average molecular weight is 242 g/mol. The highest BCUT2D eigenvalue weighted by Crippen LogP contribution is 2.53. The normalized spacial score (nSPS) is 28.0. The first-order valence-electron chi connectivity index (χ1n) is 1.80. The summed E-state index contributed by atoms with van der Waals surface area (Å²) in [6.07, 6.45) is 0. The van der Waals surface area contributed by atoms with Crippen molar-refractivity contribution in [2.75, 3.05) is 0 Å². The van der Waals surface area contributed by atoms with Gasteiger partial charge in [0.05, 0.1) is 5.03 Å². The molecule has 0 amide bonds. The van der Waals surface area contributed by atoms with E-state index in [2.05, 4.69) is 0 Å². The maximum Gasteiger partial charge on any atom is 0.110 e. The van der Waals surface area contributed by atoms with Gasteiger partial charge in [-0.15, -0.1) is 0 Å². The third kappa shape index (κ3) is 1.73. The molecule has 1 aliphatic heterocycles.